The van der Waals surface area contributed by atoms with Gasteiger partial charge in [-0.15, -0.1) is 0 Å². The fourth-order valence-corrected chi connectivity index (χ4v) is 1.84. The van der Waals surface area contributed by atoms with Crippen LogP contribution >= 0.6 is 15.9 Å². The summed E-state index contributed by atoms with van der Waals surface area (Å²) in [7, 11) is 1.67. The average molecular weight is 318 g/mol. The Labute approximate surface area is 115 Å². The highest BCUT2D eigenvalue weighted by molar-refractivity contribution is 9.10. The van der Waals surface area contributed by atoms with Gasteiger partial charge in [-0.2, -0.15) is 0 Å². The average Bonchev–Trinajstić information content (AvgIpc) is 2.31. The van der Waals surface area contributed by atoms with Crippen molar-refractivity contribution in [2.24, 2.45) is 0 Å². The maximum Gasteiger partial charge on any atom is 0.331 e. The fraction of sp³-hybridized carbons (Fsp3) is 0.462. The molecule has 0 aliphatic carbocycles. The molecule has 0 aromatic heterocycles. The molecule has 18 heavy (non-hydrogen) atoms. The molecule has 1 aromatic rings. The van der Waals surface area contributed by atoms with E-state index in [0.29, 0.717) is 12.3 Å². The number of ether oxygens (including phenoxy) is 1. The van der Waals surface area contributed by atoms with Crippen molar-refractivity contribution in [2.75, 3.05) is 18.6 Å². The highest BCUT2D eigenvalue weighted by atomic mass is 79.9. The largest absolute Gasteiger partial charge is 0.464 e. The van der Waals surface area contributed by atoms with Gasteiger partial charge in [-0.1, -0.05) is 15.9 Å². The zero-order chi connectivity index (χ0) is 13.9. The number of carbonyl (C=O) groups excluding carboxylic acids is 1. The SMILES string of the molecule is CCOC(=O)C(C)(C)N(C)c1cc(Br)ccc1F. The van der Waals surface area contributed by atoms with Crippen molar-refractivity contribution in [3.05, 3.63) is 28.5 Å². The van der Waals surface area contributed by atoms with Gasteiger partial charge in [-0.25, -0.2) is 9.18 Å². The molecule has 0 aliphatic rings. The van der Waals surface area contributed by atoms with Crippen molar-refractivity contribution in [1.82, 2.24) is 0 Å². The number of carbonyl (C=O) groups is 1. The molecule has 0 saturated carbocycles. The minimum absolute atomic E-state index is 0.303. The fourth-order valence-electron chi connectivity index (χ4n) is 1.49. The van der Waals surface area contributed by atoms with Gasteiger partial charge in [-0.05, 0) is 39.0 Å². The lowest BCUT2D eigenvalue weighted by Gasteiger charge is -2.35. The maximum atomic E-state index is 13.8. The normalized spacial score (nSPS) is 11.2. The van der Waals surface area contributed by atoms with Gasteiger partial charge >= 0.3 is 5.97 Å². The third-order valence-electron chi connectivity index (χ3n) is 2.88. The van der Waals surface area contributed by atoms with E-state index in [1.165, 1.54) is 6.07 Å². The summed E-state index contributed by atoms with van der Waals surface area (Å²) in [4.78, 5) is 13.5. The van der Waals surface area contributed by atoms with Crippen LogP contribution < -0.4 is 4.90 Å². The summed E-state index contributed by atoms with van der Waals surface area (Å²) in [5.74, 6) is -0.759. The van der Waals surface area contributed by atoms with Gasteiger partial charge in [0, 0.05) is 11.5 Å². The first-order valence-electron chi connectivity index (χ1n) is 5.66. The van der Waals surface area contributed by atoms with E-state index in [9.17, 15) is 9.18 Å². The van der Waals surface area contributed by atoms with Crippen LogP contribution in [0.25, 0.3) is 0 Å². The first kappa shape index (κ1) is 15.0. The Bertz CT molecular complexity index is 449. The number of esters is 1. The van der Waals surface area contributed by atoms with Crippen molar-refractivity contribution in [2.45, 2.75) is 26.3 Å². The quantitative estimate of drug-likeness (QED) is 0.797. The monoisotopic (exact) mass is 317 g/mol. The minimum atomic E-state index is -0.933. The summed E-state index contributed by atoms with van der Waals surface area (Å²) in [6.45, 7) is 5.45. The summed E-state index contributed by atoms with van der Waals surface area (Å²) in [5.41, 5.74) is -0.583. The second-order valence-corrected chi connectivity index (χ2v) is 5.35. The standard InChI is InChI=1S/C13H17BrFNO2/c1-5-18-12(17)13(2,3)16(4)11-8-9(14)6-7-10(11)15/h6-8H,5H2,1-4H3. The first-order chi connectivity index (χ1) is 8.30. The van der Waals surface area contributed by atoms with Crippen LogP contribution in [0.15, 0.2) is 22.7 Å². The van der Waals surface area contributed by atoms with Crippen molar-refractivity contribution in [3.63, 3.8) is 0 Å². The molecule has 1 rings (SSSR count). The number of nitrogens with zero attached hydrogens (tertiary/aromatic N) is 1. The molecule has 1 aromatic carbocycles. The zero-order valence-electron chi connectivity index (χ0n) is 11.0. The summed E-state index contributed by atoms with van der Waals surface area (Å²) in [6.07, 6.45) is 0. The second-order valence-electron chi connectivity index (χ2n) is 4.43. The Balaban J connectivity index is 3.08. The Hall–Kier alpha value is -1.10. The van der Waals surface area contributed by atoms with Crippen molar-refractivity contribution in [1.29, 1.82) is 0 Å². The molecule has 0 atom stereocenters. The lowest BCUT2D eigenvalue weighted by Crippen LogP contribution is -2.49. The number of anilines is 1. The Morgan fingerprint density at radius 3 is 2.67 bits per heavy atom. The van der Waals surface area contributed by atoms with E-state index in [4.69, 9.17) is 4.74 Å². The molecule has 0 heterocycles. The summed E-state index contributed by atoms with van der Waals surface area (Å²) < 4.78 is 19.5. The van der Waals surface area contributed by atoms with Crippen LogP contribution in [0.5, 0.6) is 0 Å². The molecule has 0 N–H and O–H groups in total. The van der Waals surface area contributed by atoms with Crippen molar-refractivity contribution in [3.8, 4) is 0 Å². The topological polar surface area (TPSA) is 29.5 Å². The molecular formula is C13H17BrFNO2. The summed E-state index contributed by atoms with van der Waals surface area (Å²) in [5, 5.41) is 0. The Morgan fingerprint density at radius 1 is 1.50 bits per heavy atom. The molecule has 0 amide bonds. The number of likely N-dealkylation sites (N-methyl/N-ethyl adjacent to an activating group) is 1. The molecule has 0 aliphatic heterocycles. The predicted octanol–water partition coefficient (Wildman–Crippen LogP) is 3.37. The molecule has 0 unspecified atom stereocenters. The van der Waals surface area contributed by atoms with Gasteiger partial charge in [-0.3, -0.25) is 0 Å². The number of hydrogen-bond acceptors (Lipinski definition) is 3. The van der Waals surface area contributed by atoms with Gasteiger partial charge in [0.05, 0.1) is 12.3 Å². The molecule has 0 spiro atoms. The van der Waals surface area contributed by atoms with E-state index in [-0.39, 0.29) is 11.8 Å². The van der Waals surface area contributed by atoms with Gasteiger partial charge in [0.2, 0.25) is 0 Å². The van der Waals surface area contributed by atoms with Gasteiger partial charge in [0.25, 0.3) is 0 Å². The maximum absolute atomic E-state index is 13.8. The third kappa shape index (κ3) is 3.02. The highest BCUT2D eigenvalue weighted by Crippen LogP contribution is 2.28. The molecule has 0 saturated heterocycles. The molecule has 0 fully saturated rings. The lowest BCUT2D eigenvalue weighted by molar-refractivity contribution is -0.148. The number of benzene rings is 1. The van der Waals surface area contributed by atoms with Crippen LogP contribution in [0.2, 0.25) is 0 Å². The molecule has 5 heteroatoms. The van der Waals surface area contributed by atoms with E-state index < -0.39 is 5.54 Å². The number of hydrogen-bond donors (Lipinski definition) is 0. The van der Waals surface area contributed by atoms with Gasteiger partial charge < -0.3 is 9.64 Å². The molecule has 0 bridgehead atoms. The van der Waals surface area contributed by atoms with Crippen molar-refractivity contribution >= 4 is 27.6 Å². The smallest absolute Gasteiger partial charge is 0.331 e. The summed E-state index contributed by atoms with van der Waals surface area (Å²) >= 11 is 3.29. The van der Waals surface area contributed by atoms with E-state index in [1.54, 1.807) is 44.9 Å². The van der Waals surface area contributed by atoms with Crippen LogP contribution in [0.1, 0.15) is 20.8 Å². The Kier molecular flexibility index (Phi) is 4.73. The van der Waals surface area contributed by atoms with Crippen LogP contribution in [0.4, 0.5) is 10.1 Å². The third-order valence-corrected chi connectivity index (χ3v) is 3.38. The van der Waals surface area contributed by atoms with Crippen LogP contribution in [0, 0.1) is 5.82 Å². The van der Waals surface area contributed by atoms with E-state index in [0.717, 1.165) is 4.47 Å². The lowest BCUT2D eigenvalue weighted by atomic mass is 10.0. The van der Waals surface area contributed by atoms with E-state index in [1.807, 2.05) is 0 Å². The van der Waals surface area contributed by atoms with E-state index in [2.05, 4.69) is 15.9 Å². The molecule has 0 radical (unpaired) electrons. The predicted molar refractivity (Wildman–Crippen MR) is 73.2 cm³/mol. The first-order valence-corrected chi connectivity index (χ1v) is 6.46. The minimum Gasteiger partial charge on any atom is -0.464 e. The Morgan fingerprint density at radius 2 is 2.11 bits per heavy atom. The molecule has 3 nitrogen and oxygen atoms in total. The zero-order valence-corrected chi connectivity index (χ0v) is 12.5. The highest BCUT2D eigenvalue weighted by Gasteiger charge is 2.35. The van der Waals surface area contributed by atoms with Crippen molar-refractivity contribution < 1.29 is 13.9 Å². The summed E-state index contributed by atoms with van der Waals surface area (Å²) in [6, 6.07) is 4.61. The van der Waals surface area contributed by atoms with Gasteiger partial charge in [0.1, 0.15) is 11.4 Å². The number of rotatable bonds is 4. The van der Waals surface area contributed by atoms with Crippen LogP contribution in [0.3, 0.4) is 0 Å². The molecule has 100 valence electrons. The van der Waals surface area contributed by atoms with Crippen LogP contribution in [-0.4, -0.2) is 25.2 Å². The molecular weight excluding hydrogens is 301 g/mol. The van der Waals surface area contributed by atoms with E-state index >= 15 is 0 Å². The van der Waals surface area contributed by atoms with Crippen LogP contribution in [-0.2, 0) is 9.53 Å². The second kappa shape index (κ2) is 5.69. The number of halogens is 2. The van der Waals surface area contributed by atoms with Gasteiger partial charge in [0.15, 0.2) is 0 Å².